The maximum Gasteiger partial charge on any atom is 0.277 e. The van der Waals surface area contributed by atoms with Crippen molar-refractivity contribution in [1.29, 1.82) is 0 Å². The van der Waals surface area contributed by atoms with Crippen molar-refractivity contribution in [3.63, 3.8) is 0 Å². The molecule has 5 nitrogen and oxygen atoms in total. The summed E-state index contributed by atoms with van der Waals surface area (Å²) in [6, 6.07) is 5.56. The van der Waals surface area contributed by atoms with Crippen LogP contribution in [0.1, 0.15) is 49.5 Å². The van der Waals surface area contributed by atoms with E-state index in [1.165, 1.54) is 12.2 Å². The van der Waals surface area contributed by atoms with Gasteiger partial charge in [0.1, 0.15) is 5.75 Å². The number of carbonyl (C=O) groups is 1. The van der Waals surface area contributed by atoms with Gasteiger partial charge in [0.2, 0.25) is 0 Å². The molecule has 0 unspecified atom stereocenters. The van der Waals surface area contributed by atoms with Crippen LogP contribution in [0.4, 0.5) is 0 Å². The third kappa shape index (κ3) is 5.31. The zero-order valence-electron chi connectivity index (χ0n) is 14.2. The molecule has 5 heteroatoms. The highest BCUT2D eigenvalue weighted by molar-refractivity contribution is 5.94. The summed E-state index contributed by atoms with van der Waals surface area (Å²) in [4.78, 5) is 17.3. The number of hydrogen-bond acceptors (Lipinski definition) is 4. The molecule has 1 rings (SSSR count). The number of unbranched alkanes of at least 4 members (excludes halogenated alkanes) is 1. The van der Waals surface area contributed by atoms with Crippen molar-refractivity contribution in [3.8, 4) is 5.75 Å². The fourth-order valence-electron chi connectivity index (χ4n) is 1.91. The van der Waals surface area contributed by atoms with Crippen molar-refractivity contribution in [2.45, 2.75) is 39.0 Å². The Morgan fingerprint density at radius 2 is 1.91 bits per heavy atom. The minimum atomic E-state index is -0.214. The lowest BCUT2D eigenvalue weighted by Crippen LogP contribution is -2.26. The molecule has 0 aliphatic carbocycles. The Bertz CT molecular complexity index is 494. The second-order valence-corrected chi connectivity index (χ2v) is 6.26. The Kier molecular flexibility index (Phi) is 6.84. The fraction of sp³-hybridized carbons (Fsp3) is 0.588. The number of hydroxylamine groups is 2. The number of rotatable bonds is 7. The molecule has 0 spiro atoms. The second-order valence-electron chi connectivity index (χ2n) is 6.26. The van der Waals surface area contributed by atoms with Crippen molar-refractivity contribution < 1.29 is 19.5 Å². The number of carbonyl (C=O) groups excluding carboxylic acids is 1. The topological polar surface area (TPSA) is 59.0 Å². The van der Waals surface area contributed by atoms with E-state index in [1.54, 1.807) is 13.1 Å². The van der Waals surface area contributed by atoms with Gasteiger partial charge in [0.25, 0.3) is 5.91 Å². The molecule has 0 heterocycles. The summed E-state index contributed by atoms with van der Waals surface area (Å²) in [5.74, 6) is 0.451. The number of aliphatic hydroxyl groups excluding tert-OH is 1. The summed E-state index contributed by atoms with van der Waals surface area (Å²) in [5.41, 5.74) is 1.47. The van der Waals surface area contributed by atoms with Crippen LogP contribution in [0.25, 0.3) is 0 Å². The molecule has 1 amide bonds. The quantitative estimate of drug-likeness (QED) is 0.621. The fourth-order valence-corrected chi connectivity index (χ4v) is 1.91. The van der Waals surface area contributed by atoms with Gasteiger partial charge in [0.05, 0.1) is 13.7 Å². The van der Waals surface area contributed by atoms with Crippen LogP contribution in [0, 0.1) is 0 Å². The molecule has 0 aliphatic heterocycles. The average molecular weight is 309 g/mol. The van der Waals surface area contributed by atoms with Crippen molar-refractivity contribution in [1.82, 2.24) is 5.06 Å². The summed E-state index contributed by atoms with van der Waals surface area (Å²) in [5, 5.41) is 9.99. The highest BCUT2D eigenvalue weighted by atomic mass is 16.7. The van der Waals surface area contributed by atoms with Gasteiger partial charge in [-0.1, -0.05) is 20.8 Å². The van der Waals surface area contributed by atoms with Gasteiger partial charge in [-0.25, -0.2) is 5.06 Å². The summed E-state index contributed by atoms with van der Waals surface area (Å²) in [6.45, 7) is 6.94. The summed E-state index contributed by atoms with van der Waals surface area (Å²) >= 11 is 0. The van der Waals surface area contributed by atoms with Gasteiger partial charge in [-0.05, 0) is 42.0 Å². The van der Waals surface area contributed by atoms with E-state index in [2.05, 4.69) is 20.8 Å². The first-order valence-corrected chi connectivity index (χ1v) is 7.51. The van der Waals surface area contributed by atoms with E-state index in [0.717, 1.165) is 12.0 Å². The molecule has 0 bridgehead atoms. The van der Waals surface area contributed by atoms with E-state index in [4.69, 9.17) is 14.7 Å². The van der Waals surface area contributed by atoms with Crippen LogP contribution in [0.5, 0.6) is 5.75 Å². The Morgan fingerprint density at radius 1 is 1.23 bits per heavy atom. The third-order valence-corrected chi connectivity index (χ3v) is 3.40. The first kappa shape index (κ1) is 18.5. The van der Waals surface area contributed by atoms with Gasteiger partial charge < -0.3 is 9.84 Å². The molecule has 22 heavy (non-hydrogen) atoms. The molecule has 124 valence electrons. The summed E-state index contributed by atoms with van der Waals surface area (Å²) in [7, 11) is 3.03. The Morgan fingerprint density at radius 3 is 2.45 bits per heavy atom. The van der Waals surface area contributed by atoms with Crippen molar-refractivity contribution >= 4 is 5.91 Å². The van der Waals surface area contributed by atoms with Crippen LogP contribution in [0.2, 0.25) is 0 Å². The van der Waals surface area contributed by atoms with Gasteiger partial charge in [0, 0.05) is 19.2 Å². The molecule has 1 aromatic carbocycles. The monoisotopic (exact) mass is 309 g/mol. The van der Waals surface area contributed by atoms with E-state index in [1.807, 2.05) is 12.1 Å². The van der Waals surface area contributed by atoms with E-state index in [9.17, 15) is 4.79 Å². The largest absolute Gasteiger partial charge is 0.494 e. The third-order valence-electron chi connectivity index (χ3n) is 3.40. The van der Waals surface area contributed by atoms with Crippen LogP contribution in [-0.2, 0) is 10.3 Å². The average Bonchev–Trinajstić information content (AvgIpc) is 2.49. The molecule has 0 aliphatic rings. The summed E-state index contributed by atoms with van der Waals surface area (Å²) < 4.78 is 5.73. The van der Waals surface area contributed by atoms with Crippen LogP contribution >= 0.6 is 0 Å². The maximum atomic E-state index is 12.3. The van der Waals surface area contributed by atoms with E-state index < -0.39 is 0 Å². The smallest absolute Gasteiger partial charge is 0.277 e. The molecule has 0 fully saturated rings. The highest BCUT2D eigenvalue weighted by Crippen LogP contribution is 2.28. The SMILES string of the molecule is CON(C)C(=O)c1cc(OCCCCO)cc(C(C)(C)C)c1. The maximum absolute atomic E-state index is 12.3. The number of aliphatic hydroxyl groups is 1. The second kappa shape index (κ2) is 8.15. The minimum Gasteiger partial charge on any atom is -0.494 e. The van der Waals surface area contributed by atoms with Crippen LogP contribution in [0.15, 0.2) is 18.2 Å². The molecule has 1 N–H and O–H groups in total. The molecule has 1 aromatic rings. The molecular formula is C17H27NO4. The minimum absolute atomic E-state index is 0.0921. The van der Waals surface area contributed by atoms with Crippen molar-refractivity contribution in [2.75, 3.05) is 27.4 Å². The molecular weight excluding hydrogens is 282 g/mol. The number of hydrogen-bond donors (Lipinski definition) is 1. The number of amides is 1. The van der Waals surface area contributed by atoms with Crippen molar-refractivity contribution in [2.24, 2.45) is 0 Å². The summed E-state index contributed by atoms with van der Waals surface area (Å²) in [6.07, 6.45) is 1.48. The number of nitrogens with zero attached hydrogens (tertiary/aromatic N) is 1. The van der Waals surface area contributed by atoms with E-state index in [0.29, 0.717) is 24.3 Å². The Hall–Kier alpha value is -1.59. The highest BCUT2D eigenvalue weighted by Gasteiger charge is 2.20. The lowest BCUT2D eigenvalue weighted by molar-refractivity contribution is -0.0757. The Labute approximate surface area is 132 Å². The lowest BCUT2D eigenvalue weighted by atomic mass is 9.86. The predicted octanol–water partition coefficient (Wildman–Crippen LogP) is 2.77. The van der Waals surface area contributed by atoms with Crippen LogP contribution < -0.4 is 4.74 Å². The van der Waals surface area contributed by atoms with Gasteiger partial charge in [-0.15, -0.1) is 0 Å². The standard InChI is InChI=1S/C17H27NO4/c1-17(2,3)14-10-13(16(20)18(4)21-5)11-15(12-14)22-9-7-6-8-19/h10-12,19H,6-9H2,1-5H3. The Balaban J connectivity index is 3.03. The van der Waals surface area contributed by atoms with Crippen LogP contribution in [-0.4, -0.2) is 43.4 Å². The van der Waals surface area contributed by atoms with Crippen molar-refractivity contribution in [3.05, 3.63) is 29.3 Å². The lowest BCUT2D eigenvalue weighted by Gasteiger charge is -2.22. The molecule has 0 atom stereocenters. The number of benzene rings is 1. The van der Waals surface area contributed by atoms with Gasteiger partial charge in [-0.3, -0.25) is 9.63 Å². The molecule has 0 saturated heterocycles. The normalized spacial score (nSPS) is 11.4. The van der Waals surface area contributed by atoms with Crippen LogP contribution in [0.3, 0.4) is 0 Å². The zero-order valence-corrected chi connectivity index (χ0v) is 14.2. The predicted molar refractivity (Wildman–Crippen MR) is 86.1 cm³/mol. The first-order chi connectivity index (χ1) is 10.3. The van der Waals surface area contributed by atoms with Gasteiger partial charge in [-0.2, -0.15) is 0 Å². The van der Waals surface area contributed by atoms with Gasteiger partial charge >= 0.3 is 0 Å². The van der Waals surface area contributed by atoms with E-state index >= 15 is 0 Å². The number of ether oxygens (including phenoxy) is 1. The first-order valence-electron chi connectivity index (χ1n) is 7.51. The van der Waals surface area contributed by atoms with E-state index in [-0.39, 0.29) is 17.9 Å². The zero-order chi connectivity index (χ0) is 16.8. The van der Waals surface area contributed by atoms with Gasteiger partial charge in [0.15, 0.2) is 0 Å². The molecule has 0 aromatic heterocycles. The molecule has 0 saturated carbocycles. The molecule has 0 radical (unpaired) electrons.